The maximum atomic E-state index is 10.7. The summed E-state index contributed by atoms with van der Waals surface area (Å²) in [4.78, 5) is 2.06. The fourth-order valence-corrected chi connectivity index (χ4v) is 3.24. The van der Waals surface area contributed by atoms with E-state index in [9.17, 15) is 5.11 Å². The molecule has 0 aliphatic carbocycles. The average molecular weight is 485 g/mol. The fraction of sp³-hybridized carbons (Fsp3) is 0.357. The van der Waals surface area contributed by atoms with Crippen LogP contribution in [0.5, 0.6) is 0 Å². The molecule has 0 saturated carbocycles. The highest BCUT2D eigenvalue weighted by Gasteiger charge is 2.22. The number of aromatic nitrogens is 2. The molecule has 0 spiro atoms. The topological polar surface area (TPSA) is 41.3 Å². The SMILES string of the molecule is CN(C)CCn1ncc(Cl)c1C(O)c1cc(Br)ccc1I. The van der Waals surface area contributed by atoms with E-state index in [0.29, 0.717) is 17.3 Å². The van der Waals surface area contributed by atoms with E-state index in [1.54, 1.807) is 10.9 Å². The Morgan fingerprint density at radius 2 is 2.19 bits per heavy atom. The Hall–Kier alpha value is -0.150. The summed E-state index contributed by atoms with van der Waals surface area (Å²) in [6.07, 6.45) is 0.784. The van der Waals surface area contributed by atoms with Crippen LogP contribution in [0.1, 0.15) is 17.4 Å². The third-order valence-electron chi connectivity index (χ3n) is 3.10. The van der Waals surface area contributed by atoms with Gasteiger partial charge in [0.1, 0.15) is 6.10 Å². The summed E-state index contributed by atoms with van der Waals surface area (Å²) in [6, 6.07) is 5.81. The average Bonchev–Trinajstić information content (AvgIpc) is 2.79. The van der Waals surface area contributed by atoms with Crippen molar-refractivity contribution in [3.05, 3.63) is 48.7 Å². The van der Waals surface area contributed by atoms with Gasteiger partial charge in [-0.05, 0) is 54.9 Å². The predicted molar refractivity (Wildman–Crippen MR) is 96.7 cm³/mol. The van der Waals surface area contributed by atoms with Crippen LogP contribution in [0.3, 0.4) is 0 Å². The summed E-state index contributed by atoms with van der Waals surface area (Å²) in [6.45, 7) is 1.50. The van der Waals surface area contributed by atoms with E-state index in [-0.39, 0.29) is 0 Å². The summed E-state index contributed by atoms with van der Waals surface area (Å²) in [5, 5.41) is 15.5. The summed E-state index contributed by atoms with van der Waals surface area (Å²) in [5.74, 6) is 0. The zero-order valence-electron chi connectivity index (χ0n) is 11.7. The van der Waals surface area contributed by atoms with Crippen LogP contribution in [0.15, 0.2) is 28.9 Å². The molecule has 0 bridgehead atoms. The number of aliphatic hydroxyl groups excluding tert-OH is 1. The summed E-state index contributed by atoms with van der Waals surface area (Å²) in [7, 11) is 4.00. The first-order valence-corrected chi connectivity index (χ1v) is 8.64. The number of hydrogen-bond donors (Lipinski definition) is 1. The van der Waals surface area contributed by atoms with Crippen molar-refractivity contribution in [3.8, 4) is 0 Å². The highest BCUT2D eigenvalue weighted by Crippen LogP contribution is 2.32. The van der Waals surface area contributed by atoms with E-state index in [2.05, 4.69) is 48.5 Å². The fourth-order valence-electron chi connectivity index (χ4n) is 1.99. The molecule has 114 valence electrons. The number of aliphatic hydroxyl groups is 1. The van der Waals surface area contributed by atoms with Crippen molar-refractivity contribution in [1.82, 2.24) is 14.7 Å². The molecular formula is C14H16BrClIN3O. The van der Waals surface area contributed by atoms with Gasteiger partial charge in [-0.15, -0.1) is 0 Å². The van der Waals surface area contributed by atoms with Crippen LogP contribution in [0.4, 0.5) is 0 Å². The van der Waals surface area contributed by atoms with Crippen molar-refractivity contribution < 1.29 is 5.11 Å². The highest BCUT2D eigenvalue weighted by atomic mass is 127. The molecule has 0 fully saturated rings. The van der Waals surface area contributed by atoms with Crippen LogP contribution in [0, 0.1) is 3.57 Å². The molecule has 0 aliphatic rings. The molecule has 1 aromatic carbocycles. The molecule has 7 heteroatoms. The molecule has 21 heavy (non-hydrogen) atoms. The number of benzene rings is 1. The minimum atomic E-state index is -0.799. The second-order valence-electron chi connectivity index (χ2n) is 4.97. The van der Waals surface area contributed by atoms with Gasteiger partial charge < -0.3 is 10.0 Å². The Balaban J connectivity index is 2.36. The number of nitrogens with zero attached hydrogens (tertiary/aromatic N) is 3. The van der Waals surface area contributed by atoms with E-state index in [1.807, 2.05) is 32.3 Å². The molecule has 2 rings (SSSR count). The van der Waals surface area contributed by atoms with E-state index in [4.69, 9.17) is 11.6 Å². The molecule has 1 atom stereocenters. The largest absolute Gasteiger partial charge is 0.382 e. The van der Waals surface area contributed by atoms with E-state index < -0.39 is 6.10 Å². The maximum Gasteiger partial charge on any atom is 0.123 e. The number of likely N-dealkylation sites (N-methyl/N-ethyl adjacent to an activating group) is 1. The third kappa shape index (κ3) is 4.19. The van der Waals surface area contributed by atoms with Gasteiger partial charge in [-0.1, -0.05) is 27.5 Å². The maximum absolute atomic E-state index is 10.7. The first kappa shape index (κ1) is 17.2. The van der Waals surface area contributed by atoms with Gasteiger partial charge in [-0.2, -0.15) is 5.10 Å². The van der Waals surface area contributed by atoms with Crippen LogP contribution in [0.2, 0.25) is 5.02 Å². The number of rotatable bonds is 5. The first-order valence-electron chi connectivity index (χ1n) is 6.39. The van der Waals surface area contributed by atoms with Crippen molar-refractivity contribution in [1.29, 1.82) is 0 Å². The van der Waals surface area contributed by atoms with Crippen LogP contribution in [0.25, 0.3) is 0 Å². The molecule has 1 N–H and O–H groups in total. The van der Waals surface area contributed by atoms with Crippen LogP contribution < -0.4 is 0 Å². The lowest BCUT2D eigenvalue weighted by molar-refractivity contribution is 0.205. The van der Waals surface area contributed by atoms with Crippen molar-refractivity contribution in [2.45, 2.75) is 12.6 Å². The molecule has 1 aromatic heterocycles. The Bertz CT molecular complexity index is 633. The monoisotopic (exact) mass is 483 g/mol. The van der Waals surface area contributed by atoms with Gasteiger partial charge in [-0.25, -0.2) is 0 Å². The van der Waals surface area contributed by atoms with E-state index in [0.717, 1.165) is 20.2 Å². The molecule has 2 aromatic rings. The Morgan fingerprint density at radius 1 is 1.48 bits per heavy atom. The molecule has 0 radical (unpaired) electrons. The van der Waals surface area contributed by atoms with Gasteiger partial charge in [0, 0.05) is 20.2 Å². The second kappa shape index (κ2) is 7.41. The molecule has 1 unspecified atom stereocenters. The van der Waals surface area contributed by atoms with Gasteiger partial charge in [0.15, 0.2) is 0 Å². The lowest BCUT2D eigenvalue weighted by Gasteiger charge is -2.17. The second-order valence-corrected chi connectivity index (χ2v) is 7.46. The lowest BCUT2D eigenvalue weighted by atomic mass is 10.1. The Labute approximate surface area is 151 Å². The van der Waals surface area contributed by atoms with Crippen molar-refractivity contribution in [2.75, 3.05) is 20.6 Å². The quantitative estimate of drug-likeness (QED) is 0.660. The predicted octanol–water partition coefficient (Wildman–Crippen LogP) is 3.55. The summed E-state index contributed by atoms with van der Waals surface area (Å²) < 4.78 is 3.68. The van der Waals surface area contributed by atoms with Gasteiger partial charge in [0.25, 0.3) is 0 Å². The smallest absolute Gasteiger partial charge is 0.123 e. The molecule has 0 amide bonds. The minimum absolute atomic E-state index is 0.483. The lowest BCUT2D eigenvalue weighted by Crippen LogP contribution is -2.21. The van der Waals surface area contributed by atoms with Gasteiger partial charge in [0.2, 0.25) is 0 Å². The van der Waals surface area contributed by atoms with Crippen LogP contribution in [-0.4, -0.2) is 40.4 Å². The van der Waals surface area contributed by atoms with Gasteiger partial charge >= 0.3 is 0 Å². The van der Waals surface area contributed by atoms with Crippen molar-refractivity contribution in [2.24, 2.45) is 0 Å². The van der Waals surface area contributed by atoms with Gasteiger partial charge in [-0.3, -0.25) is 4.68 Å². The van der Waals surface area contributed by atoms with Crippen molar-refractivity contribution >= 4 is 50.1 Å². The highest BCUT2D eigenvalue weighted by molar-refractivity contribution is 14.1. The number of hydrogen-bond acceptors (Lipinski definition) is 3. The Kier molecular flexibility index (Phi) is 6.07. The molecule has 0 saturated heterocycles. The molecular weight excluding hydrogens is 468 g/mol. The van der Waals surface area contributed by atoms with Crippen molar-refractivity contribution in [3.63, 3.8) is 0 Å². The third-order valence-corrected chi connectivity index (χ3v) is 4.87. The molecule has 0 aliphatic heterocycles. The molecule has 1 heterocycles. The normalized spacial score (nSPS) is 12.9. The van der Waals surface area contributed by atoms with E-state index >= 15 is 0 Å². The molecule has 4 nitrogen and oxygen atoms in total. The first-order chi connectivity index (χ1) is 9.90. The van der Waals surface area contributed by atoms with E-state index in [1.165, 1.54) is 0 Å². The van der Waals surface area contributed by atoms with Gasteiger partial charge in [0.05, 0.1) is 23.5 Å². The van der Waals surface area contributed by atoms with Crippen LogP contribution in [-0.2, 0) is 6.54 Å². The Morgan fingerprint density at radius 3 is 2.86 bits per heavy atom. The number of halogens is 3. The minimum Gasteiger partial charge on any atom is -0.382 e. The summed E-state index contributed by atoms with van der Waals surface area (Å²) in [5.41, 5.74) is 1.45. The van der Waals surface area contributed by atoms with Crippen LogP contribution >= 0.6 is 50.1 Å². The standard InChI is InChI=1S/C14H16BrClIN3O/c1-19(2)5-6-20-13(11(16)8-18-20)14(21)10-7-9(15)3-4-12(10)17/h3-4,7-8,14,21H,5-6H2,1-2H3. The summed E-state index contributed by atoms with van der Waals surface area (Å²) >= 11 is 11.9. The zero-order chi connectivity index (χ0) is 15.6. The zero-order valence-corrected chi connectivity index (χ0v) is 16.2.